The Kier molecular flexibility index (Phi) is 6.75. The maximum absolute atomic E-state index is 13.5. The molecular weight excluding hydrogens is 470 g/mol. The highest BCUT2D eigenvalue weighted by molar-refractivity contribution is 5.97. The summed E-state index contributed by atoms with van der Waals surface area (Å²) in [4.78, 5) is 51.7. The lowest BCUT2D eigenvalue weighted by Gasteiger charge is -2.42. The average Bonchev–Trinajstić information content (AvgIpc) is 2.87. The largest absolute Gasteiger partial charge is 0.358 e. The minimum Gasteiger partial charge on any atom is -0.358 e. The molecule has 2 aliphatic rings. The van der Waals surface area contributed by atoms with E-state index in [1.165, 1.54) is 6.92 Å². The van der Waals surface area contributed by atoms with Crippen LogP contribution in [-0.4, -0.2) is 69.3 Å². The van der Waals surface area contributed by atoms with E-state index in [-0.39, 0.29) is 23.6 Å². The van der Waals surface area contributed by atoms with Gasteiger partial charge >= 0.3 is 0 Å². The lowest BCUT2D eigenvalue weighted by molar-refractivity contribution is -0.125. The lowest BCUT2D eigenvalue weighted by atomic mass is 10.0. The molecule has 1 aromatic heterocycles. The minimum atomic E-state index is -0.508. The van der Waals surface area contributed by atoms with Crippen molar-refractivity contribution >= 4 is 40.1 Å². The Morgan fingerprint density at radius 3 is 2.65 bits per heavy atom. The SMILES string of the molecule is CC(=O)Nc1cccc(C(=O)N2CCN3Cc4nc(c5ccccc5n4)N[C@@H](C(C)C)C(=O)N[C@H]3C2)c1. The topological polar surface area (TPSA) is 120 Å². The molecule has 3 heterocycles. The predicted molar refractivity (Wildman–Crippen MR) is 141 cm³/mol. The van der Waals surface area contributed by atoms with Crippen molar-refractivity contribution in [2.75, 3.05) is 30.3 Å². The van der Waals surface area contributed by atoms with Crippen LogP contribution in [0.1, 0.15) is 37.0 Å². The van der Waals surface area contributed by atoms with Crippen LogP contribution in [0.2, 0.25) is 0 Å². The van der Waals surface area contributed by atoms with Gasteiger partial charge in [-0.15, -0.1) is 0 Å². The van der Waals surface area contributed by atoms with Crippen LogP contribution in [0.15, 0.2) is 48.5 Å². The first kappa shape index (κ1) is 24.6. The van der Waals surface area contributed by atoms with E-state index in [0.717, 1.165) is 10.9 Å². The first-order valence-electron chi connectivity index (χ1n) is 12.5. The molecule has 0 aliphatic carbocycles. The smallest absolute Gasteiger partial charge is 0.254 e. The van der Waals surface area contributed by atoms with Gasteiger partial charge < -0.3 is 20.9 Å². The number of para-hydroxylation sites is 1. The van der Waals surface area contributed by atoms with E-state index < -0.39 is 12.2 Å². The highest BCUT2D eigenvalue weighted by atomic mass is 16.2. The van der Waals surface area contributed by atoms with Gasteiger partial charge in [-0.2, -0.15) is 0 Å². The Balaban J connectivity index is 1.44. The maximum Gasteiger partial charge on any atom is 0.254 e. The quantitative estimate of drug-likeness (QED) is 0.504. The number of hydrogen-bond acceptors (Lipinski definition) is 7. The third-order valence-corrected chi connectivity index (χ3v) is 6.75. The molecule has 0 saturated carbocycles. The Bertz CT molecular complexity index is 1360. The molecule has 0 unspecified atom stereocenters. The van der Waals surface area contributed by atoms with Crippen molar-refractivity contribution in [1.82, 2.24) is 25.1 Å². The van der Waals surface area contributed by atoms with Crippen LogP contribution in [0.5, 0.6) is 0 Å². The van der Waals surface area contributed by atoms with Gasteiger partial charge in [0, 0.05) is 36.7 Å². The van der Waals surface area contributed by atoms with Crippen molar-refractivity contribution < 1.29 is 14.4 Å². The number of amides is 3. The summed E-state index contributed by atoms with van der Waals surface area (Å²) in [5.74, 6) is 0.824. The van der Waals surface area contributed by atoms with Crippen LogP contribution in [0.25, 0.3) is 10.9 Å². The van der Waals surface area contributed by atoms with Crippen LogP contribution in [0.3, 0.4) is 0 Å². The van der Waals surface area contributed by atoms with Gasteiger partial charge in [0.15, 0.2) is 0 Å². The fourth-order valence-corrected chi connectivity index (χ4v) is 4.87. The summed E-state index contributed by atoms with van der Waals surface area (Å²) in [6.07, 6.45) is -0.400. The van der Waals surface area contributed by atoms with E-state index >= 15 is 0 Å². The van der Waals surface area contributed by atoms with E-state index in [9.17, 15) is 14.4 Å². The fourth-order valence-electron chi connectivity index (χ4n) is 4.87. The average molecular weight is 502 g/mol. The van der Waals surface area contributed by atoms with Gasteiger partial charge in [0.1, 0.15) is 23.8 Å². The minimum absolute atomic E-state index is 0.00268. The van der Waals surface area contributed by atoms with Gasteiger partial charge in [-0.3, -0.25) is 19.3 Å². The molecule has 2 aromatic carbocycles. The van der Waals surface area contributed by atoms with Gasteiger partial charge in [0.2, 0.25) is 11.8 Å². The first-order valence-corrected chi connectivity index (χ1v) is 12.5. The number of aromatic nitrogens is 2. The van der Waals surface area contributed by atoms with Crippen LogP contribution in [0.4, 0.5) is 11.5 Å². The molecule has 5 rings (SSSR count). The van der Waals surface area contributed by atoms with Gasteiger partial charge in [0.25, 0.3) is 5.91 Å². The van der Waals surface area contributed by atoms with Crippen molar-refractivity contribution in [2.24, 2.45) is 5.92 Å². The maximum atomic E-state index is 13.5. The molecule has 2 aliphatic heterocycles. The van der Waals surface area contributed by atoms with E-state index in [2.05, 4.69) is 20.9 Å². The highest BCUT2D eigenvalue weighted by Gasteiger charge is 2.35. The summed E-state index contributed by atoms with van der Waals surface area (Å²) in [6.45, 7) is 7.21. The van der Waals surface area contributed by atoms with Crippen molar-refractivity contribution in [2.45, 2.75) is 39.5 Å². The summed E-state index contributed by atoms with van der Waals surface area (Å²) in [6, 6.07) is 14.2. The standard InChI is InChI=1S/C27H31N7O3/c1-16(2)24-26(36)31-23-15-34(27(37)18-7-6-8-19(13-18)28-17(3)35)12-11-33(23)14-22-29-21-10-5-4-9-20(21)25(30-22)32-24/h4-10,13,16,23-24H,11-12,14-15H2,1-3H3,(H,28,35)(H,31,36)(H,29,30,32)/t23-,24+/m1/s1. The number of piperazine rings is 1. The van der Waals surface area contributed by atoms with Crippen molar-refractivity contribution in [3.63, 3.8) is 0 Å². The number of carbonyl (C=O) groups is 3. The normalized spacial score (nSPS) is 20.1. The Morgan fingerprint density at radius 2 is 1.86 bits per heavy atom. The molecule has 1 fully saturated rings. The molecule has 3 amide bonds. The summed E-state index contributed by atoms with van der Waals surface area (Å²) in [5.41, 5.74) is 1.87. The summed E-state index contributed by atoms with van der Waals surface area (Å²) < 4.78 is 0. The summed E-state index contributed by atoms with van der Waals surface area (Å²) >= 11 is 0. The number of rotatable bonds is 3. The molecule has 10 heteroatoms. The van der Waals surface area contributed by atoms with Gasteiger partial charge in [-0.05, 0) is 36.2 Å². The number of nitrogens with zero attached hydrogens (tertiary/aromatic N) is 4. The molecule has 0 radical (unpaired) electrons. The number of carbonyl (C=O) groups excluding carboxylic acids is 3. The second-order valence-electron chi connectivity index (χ2n) is 9.88. The molecule has 1 saturated heterocycles. The molecule has 3 N–H and O–H groups in total. The van der Waals surface area contributed by atoms with Crippen molar-refractivity contribution in [3.05, 3.63) is 59.9 Å². The van der Waals surface area contributed by atoms with E-state index in [1.54, 1.807) is 29.2 Å². The van der Waals surface area contributed by atoms with E-state index in [0.29, 0.717) is 49.1 Å². The second kappa shape index (κ2) is 10.1. The monoisotopic (exact) mass is 501 g/mol. The molecule has 0 spiro atoms. The number of hydrogen-bond donors (Lipinski definition) is 3. The summed E-state index contributed by atoms with van der Waals surface area (Å²) in [5, 5.41) is 10.1. The molecular formula is C27H31N7O3. The molecule has 2 bridgehead atoms. The zero-order chi connectivity index (χ0) is 26.1. The van der Waals surface area contributed by atoms with Crippen LogP contribution < -0.4 is 16.0 Å². The van der Waals surface area contributed by atoms with Crippen molar-refractivity contribution in [3.8, 4) is 0 Å². The predicted octanol–water partition coefficient (Wildman–Crippen LogP) is 2.44. The van der Waals surface area contributed by atoms with Gasteiger partial charge in [-0.1, -0.05) is 32.0 Å². The number of nitrogens with one attached hydrogen (secondary N) is 3. The van der Waals surface area contributed by atoms with Gasteiger partial charge in [-0.25, -0.2) is 9.97 Å². The number of anilines is 2. The molecule has 37 heavy (non-hydrogen) atoms. The van der Waals surface area contributed by atoms with Gasteiger partial charge in [0.05, 0.1) is 18.6 Å². The highest BCUT2D eigenvalue weighted by Crippen LogP contribution is 2.25. The number of fused-ring (bicyclic) bond motifs is 5. The zero-order valence-corrected chi connectivity index (χ0v) is 21.2. The van der Waals surface area contributed by atoms with Crippen molar-refractivity contribution in [1.29, 1.82) is 0 Å². The molecule has 192 valence electrons. The lowest BCUT2D eigenvalue weighted by Crippen LogP contribution is -2.63. The Labute approximate surface area is 215 Å². The third-order valence-electron chi connectivity index (χ3n) is 6.75. The first-order chi connectivity index (χ1) is 17.8. The summed E-state index contributed by atoms with van der Waals surface area (Å²) in [7, 11) is 0. The second-order valence-corrected chi connectivity index (χ2v) is 9.88. The van der Waals surface area contributed by atoms with Crippen LogP contribution >= 0.6 is 0 Å². The Morgan fingerprint density at radius 1 is 1.05 bits per heavy atom. The zero-order valence-electron chi connectivity index (χ0n) is 21.2. The molecule has 3 aromatic rings. The number of benzene rings is 2. The van der Waals surface area contributed by atoms with Crippen LogP contribution in [-0.2, 0) is 16.1 Å². The Hall–Kier alpha value is -4.05. The van der Waals surface area contributed by atoms with E-state index in [1.807, 2.05) is 38.1 Å². The van der Waals surface area contributed by atoms with Crippen LogP contribution in [0, 0.1) is 5.92 Å². The molecule has 10 nitrogen and oxygen atoms in total. The molecule has 2 atom stereocenters. The fraction of sp³-hybridized carbons (Fsp3) is 0.370. The third kappa shape index (κ3) is 5.24. The van der Waals surface area contributed by atoms with E-state index in [4.69, 9.17) is 9.97 Å².